The van der Waals surface area contributed by atoms with E-state index in [2.05, 4.69) is 20.3 Å². The average molecular weight is 294 g/mol. The fraction of sp³-hybridized carbons (Fsp3) is 0.583. The van der Waals surface area contributed by atoms with Gasteiger partial charge in [0.15, 0.2) is 17.0 Å². The molecule has 1 saturated carbocycles. The summed E-state index contributed by atoms with van der Waals surface area (Å²) in [5.41, 5.74) is 6.72. The van der Waals surface area contributed by atoms with Crippen molar-refractivity contribution in [1.29, 1.82) is 0 Å². The number of aliphatic hydroxyl groups is 3. The Morgan fingerprint density at radius 3 is 2.76 bits per heavy atom. The molecule has 9 heteroatoms. The second-order valence-corrected chi connectivity index (χ2v) is 5.23. The summed E-state index contributed by atoms with van der Waals surface area (Å²) < 4.78 is 1.68. The van der Waals surface area contributed by atoms with Crippen LogP contribution in [-0.4, -0.2) is 60.7 Å². The van der Waals surface area contributed by atoms with Crippen molar-refractivity contribution in [1.82, 2.24) is 19.5 Å². The first kappa shape index (κ1) is 14.0. The lowest BCUT2D eigenvalue weighted by Gasteiger charge is -2.18. The van der Waals surface area contributed by atoms with Gasteiger partial charge in [-0.25, -0.2) is 4.98 Å². The normalized spacial score (nSPS) is 29.1. The number of hydrogen-bond acceptors (Lipinski definition) is 8. The molecule has 1 fully saturated rings. The number of aliphatic hydroxyl groups excluding tert-OH is 3. The highest BCUT2D eigenvalue weighted by atomic mass is 16.3. The van der Waals surface area contributed by atoms with Gasteiger partial charge in [-0.05, 0) is 6.42 Å². The summed E-state index contributed by atoms with van der Waals surface area (Å²) in [6.07, 6.45) is 0.0116. The fourth-order valence-corrected chi connectivity index (χ4v) is 2.91. The predicted octanol–water partition coefficient (Wildman–Crippen LogP) is -1.27. The van der Waals surface area contributed by atoms with Crippen LogP contribution in [0.15, 0.2) is 6.33 Å². The molecule has 0 radical (unpaired) electrons. The van der Waals surface area contributed by atoms with E-state index in [-0.39, 0.29) is 18.5 Å². The minimum atomic E-state index is -0.992. The third-order valence-electron chi connectivity index (χ3n) is 4.04. The van der Waals surface area contributed by atoms with E-state index in [1.165, 1.54) is 0 Å². The van der Waals surface area contributed by atoms with Crippen molar-refractivity contribution in [2.24, 2.45) is 5.92 Å². The smallest absolute Gasteiger partial charge is 0.224 e. The summed E-state index contributed by atoms with van der Waals surface area (Å²) in [5, 5.41) is 32.3. The number of imidazole rings is 1. The lowest BCUT2D eigenvalue weighted by atomic mass is 10.1. The molecule has 9 nitrogen and oxygen atoms in total. The Morgan fingerprint density at radius 2 is 2.14 bits per heavy atom. The molecule has 0 amide bonds. The van der Waals surface area contributed by atoms with Crippen molar-refractivity contribution in [3.63, 3.8) is 0 Å². The van der Waals surface area contributed by atoms with Crippen LogP contribution in [0.25, 0.3) is 11.2 Å². The second kappa shape index (κ2) is 5.10. The number of nitrogens with two attached hydrogens (primary N) is 1. The van der Waals surface area contributed by atoms with Crippen molar-refractivity contribution in [2.75, 3.05) is 24.7 Å². The molecule has 2 aromatic heterocycles. The Labute approximate surface area is 120 Å². The SMILES string of the molecule is CNc1nc(N)nc2c1ncn2C1CC(CO)C(O)C1O. The zero-order valence-corrected chi connectivity index (χ0v) is 11.5. The van der Waals surface area contributed by atoms with Gasteiger partial charge in [0.25, 0.3) is 0 Å². The third kappa shape index (κ3) is 2.09. The van der Waals surface area contributed by atoms with Gasteiger partial charge in [-0.3, -0.25) is 0 Å². The van der Waals surface area contributed by atoms with E-state index in [1.807, 2.05) is 0 Å². The molecule has 3 rings (SSSR count). The summed E-state index contributed by atoms with van der Waals surface area (Å²) in [4.78, 5) is 12.5. The van der Waals surface area contributed by atoms with E-state index < -0.39 is 18.2 Å². The highest BCUT2D eigenvalue weighted by Gasteiger charge is 2.42. The molecule has 0 aliphatic heterocycles. The van der Waals surface area contributed by atoms with Crippen LogP contribution in [0.1, 0.15) is 12.5 Å². The maximum Gasteiger partial charge on any atom is 0.224 e. The molecule has 0 spiro atoms. The minimum Gasteiger partial charge on any atom is -0.396 e. The molecule has 114 valence electrons. The standard InChI is InChI=1S/C12H18N6O3/c1-14-10-7-11(17-12(13)16-10)18(4-15-7)6-2-5(3-19)8(20)9(6)21/h4-6,8-9,19-21H,2-3H2,1H3,(H3,13,14,16,17). The van der Waals surface area contributed by atoms with E-state index in [0.29, 0.717) is 23.4 Å². The van der Waals surface area contributed by atoms with Gasteiger partial charge in [-0.1, -0.05) is 0 Å². The van der Waals surface area contributed by atoms with Gasteiger partial charge in [0, 0.05) is 19.6 Å². The first-order valence-electron chi connectivity index (χ1n) is 6.71. The van der Waals surface area contributed by atoms with E-state index in [9.17, 15) is 15.3 Å². The molecule has 4 atom stereocenters. The van der Waals surface area contributed by atoms with Crippen molar-refractivity contribution < 1.29 is 15.3 Å². The fourth-order valence-electron chi connectivity index (χ4n) is 2.91. The number of nitrogen functional groups attached to an aromatic ring is 1. The third-order valence-corrected chi connectivity index (χ3v) is 4.04. The maximum absolute atomic E-state index is 10.2. The van der Waals surface area contributed by atoms with Gasteiger partial charge in [0.2, 0.25) is 5.95 Å². The number of anilines is 2. The summed E-state index contributed by atoms with van der Waals surface area (Å²) in [5.74, 6) is 0.230. The van der Waals surface area contributed by atoms with Crippen molar-refractivity contribution >= 4 is 22.9 Å². The van der Waals surface area contributed by atoms with Crippen LogP contribution in [0.5, 0.6) is 0 Å². The Hall–Kier alpha value is -1.97. The lowest BCUT2D eigenvalue weighted by Crippen LogP contribution is -2.30. The van der Waals surface area contributed by atoms with E-state index >= 15 is 0 Å². The first-order valence-corrected chi connectivity index (χ1v) is 6.71. The molecule has 0 aromatic carbocycles. The topological polar surface area (TPSA) is 142 Å². The minimum absolute atomic E-state index is 0.0975. The zero-order chi connectivity index (χ0) is 15.1. The van der Waals surface area contributed by atoms with Crippen LogP contribution >= 0.6 is 0 Å². The predicted molar refractivity (Wildman–Crippen MR) is 75.5 cm³/mol. The van der Waals surface area contributed by atoms with Crippen LogP contribution in [0.3, 0.4) is 0 Å². The maximum atomic E-state index is 10.2. The number of fused-ring (bicyclic) bond motifs is 1. The van der Waals surface area contributed by atoms with Crippen LogP contribution in [0.4, 0.5) is 11.8 Å². The van der Waals surface area contributed by atoms with Gasteiger partial charge >= 0.3 is 0 Å². The molecular weight excluding hydrogens is 276 g/mol. The molecule has 1 aliphatic rings. The van der Waals surface area contributed by atoms with Crippen molar-refractivity contribution in [2.45, 2.75) is 24.7 Å². The number of nitrogens with one attached hydrogen (secondary N) is 1. The van der Waals surface area contributed by atoms with Crippen LogP contribution in [-0.2, 0) is 0 Å². The highest BCUT2D eigenvalue weighted by Crippen LogP contribution is 2.37. The molecule has 2 aromatic rings. The van der Waals surface area contributed by atoms with Gasteiger partial charge < -0.3 is 30.9 Å². The molecule has 21 heavy (non-hydrogen) atoms. The lowest BCUT2D eigenvalue weighted by molar-refractivity contribution is -0.00370. The quantitative estimate of drug-likeness (QED) is 0.471. The van der Waals surface area contributed by atoms with E-state index in [1.54, 1.807) is 17.9 Å². The molecule has 0 bridgehead atoms. The van der Waals surface area contributed by atoms with Crippen LogP contribution < -0.4 is 11.1 Å². The Kier molecular flexibility index (Phi) is 3.40. The van der Waals surface area contributed by atoms with Gasteiger partial charge in [0.05, 0.1) is 18.5 Å². The van der Waals surface area contributed by atoms with Crippen LogP contribution in [0, 0.1) is 5.92 Å². The van der Waals surface area contributed by atoms with Gasteiger partial charge in [-0.2, -0.15) is 9.97 Å². The van der Waals surface area contributed by atoms with Crippen molar-refractivity contribution in [3.8, 4) is 0 Å². The second-order valence-electron chi connectivity index (χ2n) is 5.23. The number of hydrogen-bond donors (Lipinski definition) is 5. The number of rotatable bonds is 3. The van der Waals surface area contributed by atoms with Crippen molar-refractivity contribution in [3.05, 3.63) is 6.33 Å². The molecular formula is C12H18N6O3. The van der Waals surface area contributed by atoms with E-state index in [4.69, 9.17) is 5.73 Å². The summed E-state index contributed by atoms with van der Waals surface area (Å²) in [6.45, 7) is -0.180. The average Bonchev–Trinajstić information content (AvgIpc) is 3.01. The molecule has 6 N–H and O–H groups in total. The summed E-state index contributed by atoms with van der Waals surface area (Å²) >= 11 is 0. The molecule has 1 aliphatic carbocycles. The Bertz CT molecular complexity index is 660. The largest absolute Gasteiger partial charge is 0.396 e. The molecule has 0 saturated heterocycles. The highest BCUT2D eigenvalue weighted by molar-refractivity contribution is 5.84. The summed E-state index contributed by atoms with van der Waals surface area (Å²) in [7, 11) is 1.70. The Morgan fingerprint density at radius 1 is 1.38 bits per heavy atom. The number of nitrogens with zero attached hydrogens (tertiary/aromatic N) is 4. The number of aromatic nitrogens is 4. The summed E-state index contributed by atoms with van der Waals surface area (Å²) in [6, 6.07) is -0.416. The van der Waals surface area contributed by atoms with Crippen LogP contribution in [0.2, 0.25) is 0 Å². The zero-order valence-electron chi connectivity index (χ0n) is 11.5. The Balaban J connectivity index is 2.07. The monoisotopic (exact) mass is 294 g/mol. The molecule has 4 unspecified atom stereocenters. The molecule has 2 heterocycles. The van der Waals surface area contributed by atoms with E-state index in [0.717, 1.165) is 0 Å². The van der Waals surface area contributed by atoms with Gasteiger partial charge in [0.1, 0.15) is 6.10 Å². The van der Waals surface area contributed by atoms with Gasteiger partial charge in [-0.15, -0.1) is 0 Å². The first-order chi connectivity index (χ1) is 10.1.